The molecule has 1 aliphatic rings. The summed E-state index contributed by atoms with van der Waals surface area (Å²) in [6.07, 6.45) is -3.09. The van der Waals surface area contributed by atoms with Crippen LogP contribution < -0.4 is 4.90 Å². The first-order valence-corrected chi connectivity index (χ1v) is 11.1. The van der Waals surface area contributed by atoms with E-state index in [0.29, 0.717) is 28.3 Å². The molecule has 0 saturated heterocycles. The topological polar surface area (TPSA) is 57.7 Å². The summed E-state index contributed by atoms with van der Waals surface area (Å²) in [6, 6.07) is 16.0. The van der Waals surface area contributed by atoms with Crippen LogP contribution in [-0.4, -0.2) is 41.8 Å². The summed E-state index contributed by atoms with van der Waals surface area (Å²) >= 11 is 0. The molecular formula is C27H23F3N2O3. The molecule has 0 fully saturated rings. The molecule has 0 spiro atoms. The first kappa shape index (κ1) is 24.2. The first-order valence-electron chi connectivity index (χ1n) is 11.1. The lowest BCUT2D eigenvalue weighted by atomic mass is 9.94. The Hall–Kier alpha value is -3.94. The highest BCUT2D eigenvalue weighted by molar-refractivity contribution is 6.25. The molecule has 0 bridgehead atoms. The number of hydrogen-bond acceptors (Lipinski definition) is 4. The number of rotatable bonds is 7. The Morgan fingerprint density at radius 1 is 0.971 bits per heavy atom. The summed E-state index contributed by atoms with van der Waals surface area (Å²) in [5.74, 6) is -2.77. The van der Waals surface area contributed by atoms with Crippen LogP contribution in [0.4, 0.5) is 18.9 Å². The fourth-order valence-corrected chi connectivity index (χ4v) is 4.34. The van der Waals surface area contributed by atoms with Crippen molar-refractivity contribution in [1.29, 1.82) is 0 Å². The third-order valence-corrected chi connectivity index (χ3v) is 5.98. The van der Waals surface area contributed by atoms with E-state index < -0.39 is 23.8 Å². The minimum absolute atomic E-state index is 0.0743. The summed E-state index contributed by atoms with van der Waals surface area (Å²) in [6.45, 7) is 3.99. The number of alkyl halides is 3. The number of amides is 2. The summed E-state index contributed by atoms with van der Waals surface area (Å²) in [4.78, 5) is 40.3. The number of hydrogen-bond donors (Lipinski definition) is 0. The maximum Gasteiger partial charge on any atom is 0.454 e. The number of carbonyl (C=O) groups is 3. The number of imide groups is 1. The number of ketones is 1. The van der Waals surface area contributed by atoms with Gasteiger partial charge in [0.2, 0.25) is 0 Å². The Bertz CT molecular complexity index is 1310. The van der Waals surface area contributed by atoms with Gasteiger partial charge in [0.1, 0.15) is 0 Å². The Labute approximate surface area is 200 Å². The average molecular weight is 480 g/mol. The molecule has 35 heavy (non-hydrogen) atoms. The fourth-order valence-electron chi connectivity index (χ4n) is 4.34. The second kappa shape index (κ2) is 9.37. The van der Waals surface area contributed by atoms with Gasteiger partial charge in [0.05, 0.1) is 0 Å². The number of carbonyl (C=O) groups excluding carboxylic acids is 3. The zero-order valence-corrected chi connectivity index (χ0v) is 19.2. The average Bonchev–Trinajstić information content (AvgIpc) is 2.81. The van der Waals surface area contributed by atoms with Gasteiger partial charge in [-0.15, -0.1) is 0 Å². The molecule has 4 rings (SSSR count). The van der Waals surface area contributed by atoms with E-state index in [1.165, 1.54) is 9.80 Å². The van der Waals surface area contributed by atoms with E-state index in [2.05, 4.69) is 0 Å². The van der Waals surface area contributed by atoms with Gasteiger partial charge in [0.15, 0.2) is 0 Å². The number of anilines is 1. The lowest BCUT2D eigenvalue weighted by Crippen LogP contribution is -2.41. The van der Waals surface area contributed by atoms with E-state index in [1.54, 1.807) is 30.3 Å². The van der Waals surface area contributed by atoms with Gasteiger partial charge in [0.25, 0.3) is 17.6 Å². The predicted octanol–water partition coefficient (Wildman–Crippen LogP) is 5.59. The highest BCUT2D eigenvalue weighted by atomic mass is 19.4. The maximum absolute atomic E-state index is 13.1. The Kier molecular flexibility index (Phi) is 6.47. The van der Waals surface area contributed by atoms with Crippen LogP contribution in [-0.2, 0) is 4.79 Å². The van der Waals surface area contributed by atoms with Crippen molar-refractivity contribution in [2.45, 2.75) is 26.4 Å². The van der Waals surface area contributed by atoms with Crippen LogP contribution in [0, 0.1) is 13.8 Å². The molecule has 0 aromatic heterocycles. The summed E-state index contributed by atoms with van der Waals surface area (Å²) in [5, 5.41) is 1.44. The van der Waals surface area contributed by atoms with Gasteiger partial charge < -0.3 is 4.90 Å². The van der Waals surface area contributed by atoms with Crippen LogP contribution in [0.25, 0.3) is 10.8 Å². The molecule has 1 heterocycles. The highest BCUT2D eigenvalue weighted by Crippen LogP contribution is 2.30. The number of halogens is 3. The molecule has 0 saturated carbocycles. The van der Waals surface area contributed by atoms with Gasteiger partial charge in [-0.1, -0.05) is 42.0 Å². The number of benzene rings is 3. The lowest BCUT2D eigenvalue weighted by molar-refractivity contribution is -0.165. The largest absolute Gasteiger partial charge is 0.454 e. The van der Waals surface area contributed by atoms with Gasteiger partial charge in [-0.25, -0.2) is 0 Å². The van der Waals surface area contributed by atoms with Crippen molar-refractivity contribution in [1.82, 2.24) is 4.90 Å². The second-order valence-electron chi connectivity index (χ2n) is 8.49. The highest BCUT2D eigenvalue weighted by Gasteiger charge is 2.36. The number of nitrogens with zero attached hydrogens (tertiary/aromatic N) is 2. The Morgan fingerprint density at radius 2 is 1.60 bits per heavy atom. The summed E-state index contributed by atoms with van der Waals surface area (Å²) < 4.78 is 38.2. The normalized spacial score (nSPS) is 13.7. The van der Waals surface area contributed by atoms with Crippen LogP contribution in [0.2, 0.25) is 0 Å². The van der Waals surface area contributed by atoms with Crippen LogP contribution in [0.1, 0.15) is 38.3 Å². The molecular weight excluding hydrogens is 457 g/mol. The molecule has 0 atom stereocenters. The molecule has 2 amide bonds. The van der Waals surface area contributed by atoms with E-state index in [-0.39, 0.29) is 19.5 Å². The third-order valence-electron chi connectivity index (χ3n) is 5.98. The van der Waals surface area contributed by atoms with Crippen molar-refractivity contribution in [3.63, 3.8) is 0 Å². The van der Waals surface area contributed by atoms with E-state index in [4.69, 9.17) is 0 Å². The molecule has 8 heteroatoms. The van der Waals surface area contributed by atoms with Gasteiger partial charge in [-0.05, 0) is 49.4 Å². The zero-order valence-electron chi connectivity index (χ0n) is 19.2. The van der Waals surface area contributed by atoms with Crippen molar-refractivity contribution in [3.05, 3.63) is 89.1 Å². The van der Waals surface area contributed by atoms with Gasteiger partial charge in [0, 0.05) is 47.6 Å². The van der Waals surface area contributed by atoms with E-state index in [0.717, 1.165) is 22.7 Å². The minimum atomic E-state index is -4.97. The van der Waals surface area contributed by atoms with Gasteiger partial charge in [-0.3, -0.25) is 19.3 Å². The van der Waals surface area contributed by atoms with Crippen LogP contribution >= 0.6 is 0 Å². The summed E-state index contributed by atoms with van der Waals surface area (Å²) in [5.41, 5.74) is 3.33. The van der Waals surface area contributed by atoms with E-state index in [9.17, 15) is 27.6 Å². The smallest absolute Gasteiger partial charge is 0.348 e. The monoisotopic (exact) mass is 480 g/mol. The molecule has 3 aromatic rings. The molecule has 0 unspecified atom stereocenters. The fraction of sp³-hybridized carbons (Fsp3) is 0.222. The van der Waals surface area contributed by atoms with Crippen molar-refractivity contribution in [3.8, 4) is 0 Å². The molecule has 180 valence electrons. The van der Waals surface area contributed by atoms with E-state index in [1.807, 2.05) is 38.1 Å². The van der Waals surface area contributed by atoms with Gasteiger partial charge in [-0.2, -0.15) is 13.2 Å². The van der Waals surface area contributed by atoms with Crippen molar-refractivity contribution < 1.29 is 27.6 Å². The predicted molar refractivity (Wildman–Crippen MR) is 127 cm³/mol. The molecule has 1 aliphatic heterocycles. The maximum atomic E-state index is 13.1. The van der Waals surface area contributed by atoms with E-state index >= 15 is 0 Å². The van der Waals surface area contributed by atoms with Crippen LogP contribution in [0.15, 0.2) is 66.9 Å². The molecule has 0 N–H and O–H groups in total. The lowest BCUT2D eigenvalue weighted by Gasteiger charge is -2.28. The third kappa shape index (κ3) is 4.82. The van der Waals surface area contributed by atoms with Crippen LogP contribution in [0.5, 0.6) is 0 Å². The Morgan fingerprint density at radius 3 is 2.17 bits per heavy atom. The molecule has 5 nitrogen and oxygen atoms in total. The molecule has 3 aromatic carbocycles. The standard InChI is InChI=1S/C27H23F3N2O3/c1-17-10-11-22(18(2)16-17)31(15-12-23(33)27(28,29)30)13-5-14-32-25(34)20-8-3-6-19-7-4-9-21(24(19)20)26(32)35/h3-4,6-12,15-16H,5,13-14H2,1-2H3. The summed E-state index contributed by atoms with van der Waals surface area (Å²) in [7, 11) is 0. The SMILES string of the molecule is Cc1ccc(N(C=CC(=O)C(F)(F)F)CCCN2C(=O)c3cccc4cccc(c34)C2=O)c(C)c1. The van der Waals surface area contributed by atoms with Crippen molar-refractivity contribution in [2.24, 2.45) is 0 Å². The molecule has 0 radical (unpaired) electrons. The number of allylic oxidation sites excluding steroid dienone is 1. The second-order valence-corrected chi connectivity index (χ2v) is 8.49. The quantitative estimate of drug-likeness (QED) is 0.327. The van der Waals surface area contributed by atoms with Crippen molar-refractivity contribution >= 4 is 34.1 Å². The molecule has 0 aliphatic carbocycles. The number of aryl methyl sites for hydroxylation is 2. The zero-order chi connectivity index (χ0) is 25.3. The van der Waals surface area contributed by atoms with Gasteiger partial charge >= 0.3 is 6.18 Å². The van der Waals surface area contributed by atoms with Crippen molar-refractivity contribution in [2.75, 3.05) is 18.0 Å². The first-order chi connectivity index (χ1) is 16.6. The Balaban J connectivity index is 1.55. The van der Waals surface area contributed by atoms with Crippen LogP contribution in [0.3, 0.4) is 0 Å². The minimum Gasteiger partial charge on any atom is -0.348 e.